The van der Waals surface area contributed by atoms with E-state index in [4.69, 9.17) is 19.2 Å². The smallest absolute Gasteiger partial charge is 0.254 e. The summed E-state index contributed by atoms with van der Waals surface area (Å²) in [6.07, 6.45) is 0. The summed E-state index contributed by atoms with van der Waals surface area (Å²) in [4.78, 5) is 22.4. The van der Waals surface area contributed by atoms with E-state index in [9.17, 15) is 4.79 Å². The summed E-state index contributed by atoms with van der Waals surface area (Å²) in [7, 11) is 0. The lowest BCUT2D eigenvalue weighted by Crippen LogP contribution is -2.55. The zero-order valence-corrected chi connectivity index (χ0v) is 18.2. The Morgan fingerprint density at radius 3 is 2.58 bits per heavy atom. The van der Waals surface area contributed by atoms with Crippen LogP contribution in [0.2, 0.25) is 0 Å². The molecule has 3 aliphatic rings. The number of benzene rings is 3. The average molecular weight is 441 g/mol. The van der Waals surface area contributed by atoms with Crippen molar-refractivity contribution in [2.24, 2.45) is 4.99 Å². The average Bonchev–Trinajstić information content (AvgIpc) is 3.24. The van der Waals surface area contributed by atoms with Crippen LogP contribution >= 0.6 is 0 Å². The lowest BCUT2D eigenvalue weighted by molar-refractivity contribution is 0.0581. The molecule has 3 aliphatic heterocycles. The normalized spacial score (nSPS) is 18.6. The molecule has 7 nitrogen and oxygen atoms in total. The third kappa shape index (κ3) is 3.46. The first-order valence-electron chi connectivity index (χ1n) is 11.1. The van der Waals surface area contributed by atoms with Gasteiger partial charge in [-0.2, -0.15) is 0 Å². The number of para-hydroxylation sites is 3. The zero-order chi connectivity index (χ0) is 22.4. The molecular formula is C26H23N3O4. The second-order valence-electron chi connectivity index (χ2n) is 8.36. The first-order valence-corrected chi connectivity index (χ1v) is 11.1. The Hall–Kier alpha value is -4.00. The van der Waals surface area contributed by atoms with E-state index in [2.05, 4.69) is 11.8 Å². The highest BCUT2D eigenvalue weighted by atomic mass is 16.7. The number of hydrogen-bond acceptors (Lipinski definition) is 6. The van der Waals surface area contributed by atoms with Gasteiger partial charge in [0.15, 0.2) is 17.2 Å². The molecule has 3 aromatic carbocycles. The summed E-state index contributed by atoms with van der Waals surface area (Å²) >= 11 is 0. The molecule has 166 valence electrons. The van der Waals surface area contributed by atoms with Crippen LogP contribution in [0, 0.1) is 0 Å². The second kappa shape index (κ2) is 7.85. The van der Waals surface area contributed by atoms with Gasteiger partial charge in [0.1, 0.15) is 17.3 Å². The van der Waals surface area contributed by atoms with Crippen molar-refractivity contribution < 1.29 is 19.0 Å². The largest absolute Gasteiger partial charge is 0.454 e. The molecule has 0 aliphatic carbocycles. The predicted molar refractivity (Wildman–Crippen MR) is 124 cm³/mol. The molecule has 1 fully saturated rings. The number of amidine groups is 1. The van der Waals surface area contributed by atoms with E-state index in [1.54, 1.807) is 18.2 Å². The van der Waals surface area contributed by atoms with Gasteiger partial charge in [0, 0.05) is 31.2 Å². The molecule has 1 amide bonds. The van der Waals surface area contributed by atoms with E-state index >= 15 is 0 Å². The van der Waals surface area contributed by atoms with Gasteiger partial charge in [-0.3, -0.25) is 4.79 Å². The quantitative estimate of drug-likeness (QED) is 0.559. The standard InChI is InChI=1S/C26H23N3O4/c1-17-15-28(12-13-29(17)26(30)18-10-11-23-24(14-18)32-16-31-23)25-19-6-2-4-8-21(19)33-22-9-5-3-7-20(22)27-25/h2-11,14,17H,12-13,15-16H2,1H3. The van der Waals surface area contributed by atoms with Gasteiger partial charge in [0.2, 0.25) is 6.79 Å². The molecule has 1 saturated heterocycles. The second-order valence-corrected chi connectivity index (χ2v) is 8.36. The van der Waals surface area contributed by atoms with E-state index in [1.165, 1.54) is 0 Å². The number of rotatable bonds is 1. The Balaban J connectivity index is 1.27. The van der Waals surface area contributed by atoms with Gasteiger partial charge < -0.3 is 24.0 Å². The Morgan fingerprint density at radius 2 is 1.70 bits per heavy atom. The van der Waals surface area contributed by atoms with Crippen LogP contribution in [-0.4, -0.2) is 54.0 Å². The van der Waals surface area contributed by atoms with Crippen LogP contribution in [-0.2, 0) is 0 Å². The van der Waals surface area contributed by atoms with Crippen LogP contribution in [0.1, 0.15) is 22.8 Å². The number of piperazine rings is 1. The molecule has 1 unspecified atom stereocenters. The molecule has 0 aromatic heterocycles. The van der Waals surface area contributed by atoms with Gasteiger partial charge in [-0.05, 0) is 49.4 Å². The number of fused-ring (bicyclic) bond motifs is 3. The SMILES string of the molecule is CC1CN(C2=Nc3ccccc3Oc3ccccc32)CCN1C(=O)c1ccc2c(c1)OCO2. The third-order valence-electron chi connectivity index (χ3n) is 6.25. The van der Waals surface area contributed by atoms with Gasteiger partial charge >= 0.3 is 0 Å². The Kier molecular flexibility index (Phi) is 4.68. The fourth-order valence-corrected chi connectivity index (χ4v) is 4.56. The number of ether oxygens (including phenoxy) is 3. The van der Waals surface area contributed by atoms with Gasteiger partial charge in [0.05, 0.1) is 5.56 Å². The number of hydrogen-bond donors (Lipinski definition) is 0. The molecule has 3 aromatic rings. The maximum absolute atomic E-state index is 13.3. The Bertz CT molecular complexity index is 1270. The fraction of sp³-hybridized carbons (Fsp3) is 0.231. The van der Waals surface area contributed by atoms with Gasteiger partial charge in [0.25, 0.3) is 5.91 Å². The maximum atomic E-state index is 13.3. The number of carbonyl (C=O) groups is 1. The first-order chi connectivity index (χ1) is 16.2. The van der Waals surface area contributed by atoms with Crippen molar-refractivity contribution >= 4 is 17.4 Å². The topological polar surface area (TPSA) is 63.6 Å². The van der Waals surface area contributed by atoms with Crippen LogP contribution < -0.4 is 14.2 Å². The lowest BCUT2D eigenvalue weighted by atomic mass is 10.1. The minimum atomic E-state index is -0.00247. The van der Waals surface area contributed by atoms with Gasteiger partial charge in [-0.1, -0.05) is 24.3 Å². The van der Waals surface area contributed by atoms with Gasteiger partial charge in [-0.25, -0.2) is 4.99 Å². The van der Waals surface area contributed by atoms with Crippen molar-refractivity contribution in [3.8, 4) is 23.0 Å². The Morgan fingerprint density at radius 1 is 0.909 bits per heavy atom. The van der Waals surface area contributed by atoms with E-state index in [0.717, 1.165) is 28.6 Å². The highest BCUT2D eigenvalue weighted by molar-refractivity contribution is 6.04. The third-order valence-corrected chi connectivity index (χ3v) is 6.25. The summed E-state index contributed by atoms with van der Waals surface area (Å²) in [6, 6.07) is 21.1. The molecule has 0 radical (unpaired) electrons. The molecule has 0 bridgehead atoms. The monoisotopic (exact) mass is 441 g/mol. The minimum absolute atomic E-state index is 0.00247. The highest BCUT2D eigenvalue weighted by Gasteiger charge is 2.32. The van der Waals surface area contributed by atoms with Crippen LogP contribution in [0.5, 0.6) is 23.0 Å². The maximum Gasteiger partial charge on any atom is 0.254 e. The summed E-state index contributed by atoms with van der Waals surface area (Å²) in [5, 5.41) is 0. The van der Waals surface area contributed by atoms with Crippen LogP contribution in [0.4, 0.5) is 5.69 Å². The molecule has 0 saturated carbocycles. The van der Waals surface area contributed by atoms with E-state index in [0.29, 0.717) is 36.7 Å². The number of carbonyl (C=O) groups excluding carboxylic acids is 1. The van der Waals surface area contributed by atoms with E-state index in [-0.39, 0.29) is 18.7 Å². The fourth-order valence-electron chi connectivity index (χ4n) is 4.56. The molecule has 3 heterocycles. The number of nitrogens with zero attached hydrogens (tertiary/aromatic N) is 3. The van der Waals surface area contributed by atoms with Crippen LogP contribution in [0.3, 0.4) is 0 Å². The zero-order valence-electron chi connectivity index (χ0n) is 18.2. The Labute approximate surface area is 191 Å². The lowest BCUT2D eigenvalue weighted by Gasteiger charge is -2.41. The van der Waals surface area contributed by atoms with Crippen molar-refractivity contribution in [2.45, 2.75) is 13.0 Å². The predicted octanol–water partition coefficient (Wildman–Crippen LogP) is 4.45. The molecular weight excluding hydrogens is 418 g/mol. The molecule has 0 spiro atoms. The molecule has 33 heavy (non-hydrogen) atoms. The van der Waals surface area contributed by atoms with E-state index < -0.39 is 0 Å². The van der Waals surface area contributed by atoms with E-state index in [1.807, 2.05) is 53.4 Å². The summed E-state index contributed by atoms with van der Waals surface area (Å²) in [6.45, 7) is 4.21. The first kappa shape index (κ1) is 19.7. The molecule has 1 atom stereocenters. The summed E-state index contributed by atoms with van der Waals surface area (Å²) < 4.78 is 17.0. The van der Waals surface area contributed by atoms with Gasteiger partial charge in [-0.15, -0.1) is 0 Å². The van der Waals surface area contributed by atoms with Crippen molar-refractivity contribution in [1.29, 1.82) is 0 Å². The van der Waals surface area contributed by atoms with Crippen molar-refractivity contribution in [1.82, 2.24) is 9.80 Å². The highest BCUT2D eigenvalue weighted by Crippen LogP contribution is 2.38. The summed E-state index contributed by atoms with van der Waals surface area (Å²) in [5.74, 6) is 3.69. The minimum Gasteiger partial charge on any atom is -0.454 e. The molecule has 6 rings (SSSR count). The molecule has 0 N–H and O–H groups in total. The number of aliphatic imine (C=N–C) groups is 1. The van der Waals surface area contributed by atoms with Crippen LogP contribution in [0.15, 0.2) is 71.7 Å². The van der Waals surface area contributed by atoms with Crippen molar-refractivity contribution in [2.75, 3.05) is 26.4 Å². The van der Waals surface area contributed by atoms with Crippen molar-refractivity contribution in [3.05, 3.63) is 77.9 Å². The molecule has 7 heteroatoms. The number of amides is 1. The van der Waals surface area contributed by atoms with Crippen LogP contribution in [0.25, 0.3) is 0 Å². The van der Waals surface area contributed by atoms with Crippen molar-refractivity contribution in [3.63, 3.8) is 0 Å². The summed E-state index contributed by atoms with van der Waals surface area (Å²) in [5.41, 5.74) is 2.37.